The van der Waals surface area contributed by atoms with Gasteiger partial charge in [0.2, 0.25) is 11.8 Å². The van der Waals surface area contributed by atoms with Gasteiger partial charge in [-0.2, -0.15) is 0 Å². The van der Waals surface area contributed by atoms with Gasteiger partial charge in [0, 0.05) is 6.04 Å². The second-order valence-electron chi connectivity index (χ2n) is 4.76. The lowest BCUT2D eigenvalue weighted by Gasteiger charge is -2.17. The molecule has 98 valence electrons. The van der Waals surface area contributed by atoms with Crippen molar-refractivity contribution in [3.63, 3.8) is 0 Å². The molecule has 1 rings (SSSR count). The van der Waals surface area contributed by atoms with Crippen LogP contribution in [-0.4, -0.2) is 29.9 Å². The quantitative estimate of drug-likeness (QED) is 0.599. The van der Waals surface area contributed by atoms with Gasteiger partial charge >= 0.3 is 0 Å². The Bertz CT molecular complexity index is 277. The number of rotatable bonds is 7. The van der Waals surface area contributed by atoms with Crippen molar-refractivity contribution in [3.05, 3.63) is 0 Å². The van der Waals surface area contributed by atoms with Crippen molar-refractivity contribution in [2.24, 2.45) is 5.73 Å². The van der Waals surface area contributed by atoms with Gasteiger partial charge in [-0.3, -0.25) is 9.59 Å². The van der Waals surface area contributed by atoms with E-state index in [0.29, 0.717) is 12.5 Å². The monoisotopic (exact) mass is 241 g/mol. The summed E-state index contributed by atoms with van der Waals surface area (Å²) in [5.41, 5.74) is 5.72. The number of amides is 2. The third-order valence-electron chi connectivity index (χ3n) is 2.88. The number of carbonyl (C=O) groups excluding carboxylic acids is 2. The molecule has 5 heteroatoms. The maximum absolute atomic E-state index is 11.6. The highest BCUT2D eigenvalue weighted by atomic mass is 16.2. The molecule has 0 radical (unpaired) electrons. The van der Waals surface area contributed by atoms with E-state index < -0.39 is 12.1 Å². The number of hydrogen-bond donors (Lipinski definition) is 3. The van der Waals surface area contributed by atoms with Crippen LogP contribution in [-0.2, 0) is 9.59 Å². The van der Waals surface area contributed by atoms with Gasteiger partial charge < -0.3 is 16.4 Å². The van der Waals surface area contributed by atoms with Crippen LogP contribution in [0.2, 0.25) is 0 Å². The zero-order chi connectivity index (χ0) is 12.8. The molecule has 0 saturated heterocycles. The summed E-state index contributed by atoms with van der Waals surface area (Å²) in [6, 6.07) is -0.697. The molecule has 0 aliphatic heterocycles. The summed E-state index contributed by atoms with van der Waals surface area (Å²) >= 11 is 0. The molecule has 0 aromatic carbocycles. The Morgan fingerprint density at radius 2 is 2.00 bits per heavy atom. The summed E-state index contributed by atoms with van der Waals surface area (Å²) in [4.78, 5) is 23.2. The summed E-state index contributed by atoms with van der Waals surface area (Å²) in [6.45, 7) is 3.73. The van der Waals surface area contributed by atoms with Gasteiger partial charge in [-0.1, -0.05) is 19.8 Å². The molecule has 1 aliphatic carbocycles. The van der Waals surface area contributed by atoms with Crippen LogP contribution < -0.4 is 16.4 Å². The number of unbranched alkanes of at least 4 members (excludes halogenated alkanes) is 1. The third kappa shape index (κ3) is 5.17. The van der Waals surface area contributed by atoms with E-state index in [-0.39, 0.29) is 11.8 Å². The Balaban J connectivity index is 2.25. The van der Waals surface area contributed by atoms with Crippen LogP contribution in [0.5, 0.6) is 0 Å². The lowest BCUT2D eigenvalue weighted by molar-refractivity contribution is -0.129. The van der Waals surface area contributed by atoms with Crippen LogP contribution in [0.1, 0.15) is 46.0 Å². The van der Waals surface area contributed by atoms with E-state index in [1.165, 1.54) is 0 Å². The van der Waals surface area contributed by atoms with Crippen LogP contribution >= 0.6 is 0 Å². The van der Waals surface area contributed by atoms with Crippen molar-refractivity contribution in [2.75, 3.05) is 0 Å². The molecule has 4 N–H and O–H groups in total. The fourth-order valence-electron chi connectivity index (χ4n) is 1.49. The van der Waals surface area contributed by atoms with Crippen LogP contribution in [0.3, 0.4) is 0 Å². The highest BCUT2D eigenvalue weighted by Gasteiger charge is 2.26. The maximum Gasteiger partial charge on any atom is 0.242 e. The first-order valence-electron chi connectivity index (χ1n) is 6.41. The Hall–Kier alpha value is -1.10. The van der Waals surface area contributed by atoms with Crippen molar-refractivity contribution in [3.8, 4) is 0 Å². The first-order valence-corrected chi connectivity index (χ1v) is 6.41. The molecule has 2 atom stereocenters. The fraction of sp³-hybridized carbons (Fsp3) is 0.833. The van der Waals surface area contributed by atoms with Gasteiger partial charge in [0.25, 0.3) is 0 Å². The van der Waals surface area contributed by atoms with Crippen molar-refractivity contribution >= 4 is 11.8 Å². The lowest BCUT2D eigenvalue weighted by atomic mass is 10.1. The Morgan fingerprint density at radius 1 is 1.35 bits per heavy atom. The minimum atomic E-state index is -0.508. The molecule has 1 fully saturated rings. The topological polar surface area (TPSA) is 84.2 Å². The second kappa shape index (κ2) is 6.59. The number of hydrogen-bond acceptors (Lipinski definition) is 3. The number of nitrogens with two attached hydrogens (primary N) is 1. The average molecular weight is 241 g/mol. The molecule has 2 unspecified atom stereocenters. The number of carbonyl (C=O) groups is 2. The normalized spacial score (nSPS) is 18.3. The highest BCUT2D eigenvalue weighted by molar-refractivity contribution is 5.89. The summed E-state index contributed by atoms with van der Waals surface area (Å²) in [6.07, 6.45) is 4.69. The molecule has 0 bridgehead atoms. The Labute approximate surface area is 103 Å². The van der Waals surface area contributed by atoms with Crippen LogP contribution in [0.15, 0.2) is 0 Å². The fourth-order valence-corrected chi connectivity index (χ4v) is 1.49. The molecule has 0 spiro atoms. The maximum atomic E-state index is 11.6. The van der Waals surface area contributed by atoms with Gasteiger partial charge in [0.1, 0.15) is 6.04 Å². The first-order chi connectivity index (χ1) is 8.04. The Kier molecular flexibility index (Phi) is 5.41. The van der Waals surface area contributed by atoms with Gasteiger partial charge in [0.15, 0.2) is 0 Å². The molecule has 17 heavy (non-hydrogen) atoms. The van der Waals surface area contributed by atoms with Crippen LogP contribution in [0, 0.1) is 0 Å². The van der Waals surface area contributed by atoms with E-state index in [9.17, 15) is 9.59 Å². The minimum absolute atomic E-state index is 0.122. The highest BCUT2D eigenvalue weighted by Crippen LogP contribution is 2.18. The SMILES string of the molecule is CCCCC(N)C(=O)NC(C)C(=O)NC1CC1. The van der Waals surface area contributed by atoms with Gasteiger partial charge in [-0.15, -0.1) is 0 Å². The second-order valence-corrected chi connectivity index (χ2v) is 4.76. The van der Waals surface area contributed by atoms with E-state index >= 15 is 0 Å². The minimum Gasteiger partial charge on any atom is -0.352 e. The van der Waals surface area contributed by atoms with Gasteiger partial charge in [0.05, 0.1) is 6.04 Å². The molecular formula is C12H23N3O2. The molecule has 0 aromatic rings. The predicted octanol–water partition coefficient (Wildman–Crippen LogP) is 0.287. The van der Waals surface area contributed by atoms with E-state index in [1.807, 2.05) is 0 Å². The van der Waals surface area contributed by atoms with E-state index in [4.69, 9.17) is 5.73 Å². The number of nitrogens with one attached hydrogen (secondary N) is 2. The van der Waals surface area contributed by atoms with Crippen molar-refractivity contribution in [1.29, 1.82) is 0 Å². The zero-order valence-electron chi connectivity index (χ0n) is 10.7. The van der Waals surface area contributed by atoms with E-state index in [2.05, 4.69) is 17.6 Å². The largest absolute Gasteiger partial charge is 0.352 e. The third-order valence-corrected chi connectivity index (χ3v) is 2.88. The van der Waals surface area contributed by atoms with Crippen molar-refractivity contribution < 1.29 is 9.59 Å². The molecule has 5 nitrogen and oxygen atoms in total. The molecule has 0 heterocycles. The molecule has 2 amide bonds. The van der Waals surface area contributed by atoms with Crippen molar-refractivity contribution in [1.82, 2.24) is 10.6 Å². The van der Waals surface area contributed by atoms with E-state index in [0.717, 1.165) is 25.7 Å². The van der Waals surface area contributed by atoms with Gasteiger partial charge in [-0.25, -0.2) is 0 Å². The molecule has 1 aliphatic rings. The summed E-state index contributed by atoms with van der Waals surface area (Å²) < 4.78 is 0. The van der Waals surface area contributed by atoms with Gasteiger partial charge in [-0.05, 0) is 26.2 Å². The Morgan fingerprint density at radius 3 is 2.53 bits per heavy atom. The predicted molar refractivity (Wildman–Crippen MR) is 66.3 cm³/mol. The van der Waals surface area contributed by atoms with E-state index in [1.54, 1.807) is 6.92 Å². The molecular weight excluding hydrogens is 218 g/mol. The average Bonchev–Trinajstić information content (AvgIpc) is 3.09. The van der Waals surface area contributed by atoms with Crippen LogP contribution in [0.25, 0.3) is 0 Å². The summed E-state index contributed by atoms with van der Waals surface area (Å²) in [5, 5.41) is 5.49. The zero-order valence-corrected chi connectivity index (χ0v) is 10.7. The summed E-state index contributed by atoms with van der Waals surface area (Å²) in [5.74, 6) is -0.361. The van der Waals surface area contributed by atoms with Crippen molar-refractivity contribution in [2.45, 2.75) is 64.1 Å². The lowest BCUT2D eigenvalue weighted by Crippen LogP contribution is -2.50. The standard InChI is InChI=1S/C12H23N3O2/c1-3-4-5-10(13)12(17)14-8(2)11(16)15-9-6-7-9/h8-10H,3-7,13H2,1-2H3,(H,14,17)(H,15,16). The summed E-state index contributed by atoms with van der Waals surface area (Å²) in [7, 11) is 0. The molecule has 0 aromatic heterocycles. The molecule has 1 saturated carbocycles. The smallest absolute Gasteiger partial charge is 0.242 e. The first kappa shape index (κ1) is 14.0. The van der Waals surface area contributed by atoms with Crippen LogP contribution in [0.4, 0.5) is 0 Å².